The fourth-order valence-corrected chi connectivity index (χ4v) is 3.35. The van der Waals surface area contributed by atoms with Gasteiger partial charge in [-0.25, -0.2) is 8.42 Å². The van der Waals surface area contributed by atoms with Gasteiger partial charge in [-0.15, -0.1) is 0 Å². The summed E-state index contributed by atoms with van der Waals surface area (Å²) in [5.41, 5.74) is 0.695. The number of nitro benzene ring substituents is 1. The van der Waals surface area contributed by atoms with Gasteiger partial charge in [-0.1, -0.05) is 23.7 Å². The lowest BCUT2D eigenvalue weighted by molar-refractivity contribution is -0.384. The quantitative estimate of drug-likeness (QED) is 0.595. The van der Waals surface area contributed by atoms with Crippen LogP contribution in [0.15, 0.2) is 42.5 Å². The summed E-state index contributed by atoms with van der Waals surface area (Å²) in [6.07, 6.45) is 0.929. The Morgan fingerprint density at radius 1 is 1.27 bits per heavy atom. The zero-order chi connectivity index (χ0) is 19.5. The van der Waals surface area contributed by atoms with Gasteiger partial charge in [0.05, 0.1) is 16.9 Å². The molecule has 0 aliphatic carbocycles. The largest absolute Gasteiger partial charge is 0.324 e. The van der Waals surface area contributed by atoms with Gasteiger partial charge in [0, 0.05) is 22.8 Å². The lowest BCUT2D eigenvalue weighted by Gasteiger charge is -2.23. The molecule has 2 aromatic carbocycles. The molecule has 10 heteroatoms. The van der Waals surface area contributed by atoms with Crippen LogP contribution in [-0.2, 0) is 14.8 Å². The van der Waals surface area contributed by atoms with Crippen molar-refractivity contribution >= 4 is 44.6 Å². The van der Waals surface area contributed by atoms with Gasteiger partial charge in [0.2, 0.25) is 15.9 Å². The summed E-state index contributed by atoms with van der Waals surface area (Å²) in [4.78, 5) is 22.6. The number of aryl methyl sites for hydroxylation is 1. The summed E-state index contributed by atoms with van der Waals surface area (Å²) < 4.78 is 25.2. The number of nitrogens with zero attached hydrogens (tertiary/aromatic N) is 2. The normalized spacial score (nSPS) is 11.0. The van der Waals surface area contributed by atoms with E-state index in [1.165, 1.54) is 18.2 Å². The molecule has 138 valence electrons. The van der Waals surface area contributed by atoms with Gasteiger partial charge in [-0.3, -0.25) is 19.2 Å². The van der Waals surface area contributed by atoms with Gasteiger partial charge in [0.25, 0.3) is 5.69 Å². The average Bonchev–Trinajstić information content (AvgIpc) is 2.52. The second kappa shape index (κ2) is 7.71. The number of non-ortho nitro benzene ring substituents is 1. The third-order valence-corrected chi connectivity index (χ3v) is 4.83. The number of rotatable bonds is 6. The second-order valence-corrected chi connectivity index (χ2v) is 7.90. The number of amides is 1. The number of hydrogen-bond donors (Lipinski definition) is 1. The molecule has 0 aromatic heterocycles. The maximum atomic E-state index is 12.3. The van der Waals surface area contributed by atoms with E-state index in [0.717, 1.165) is 16.6 Å². The van der Waals surface area contributed by atoms with Gasteiger partial charge >= 0.3 is 0 Å². The molecule has 0 atom stereocenters. The molecule has 1 amide bonds. The van der Waals surface area contributed by atoms with Gasteiger partial charge < -0.3 is 5.32 Å². The van der Waals surface area contributed by atoms with E-state index in [-0.39, 0.29) is 11.4 Å². The highest BCUT2D eigenvalue weighted by Crippen LogP contribution is 2.27. The smallest absolute Gasteiger partial charge is 0.271 e. The topological polar surface area (TPSA) is 110 Å². The Labute approximate surface area is 155 Å². The molecule has 0 saturated carbocycles. The molecular weight excluding hydrogens is 382 g/mol. The Morgan fingerprint density at radius 3 is 2.54 bits per heavy atom. The van der Waals surface area contributed by atoms with Gasteiger partial charge in [0.1, 0.15) is 6.54 Å². The zero-order valence-corrected chi connectivity index (χ0v) is 15.5. The molecule has 0 aliphatic rings. The van der Waals surface area contributed by atoms with Crippen LogP contribution in [0.5, 0.6) is 0 Å². The minimum Gasteiger partial charge on any atom is -0.324 e. The molecule has 8 nitrogen and oxygen atoms in total. The van der Waals surface area contributed by atoms with Crippen LogP contribution < -0.4 is 9.62 Å². The predicted octanol–water partition coefficient (Wildman–Crippen LogP) is 2.96. The van der Waals surface area contributed by atoms with Gasteiger partial charge in [-0.2, -0.15) is 0 Å². The minimum absolute atomic E-state index is 0.0722. The van der Waals surface area contributed by atoms with E-state index in [2.05, 4.69) is 5.32 Å². The van der Waals surface area contributed by atoms with Crippen LogP contribution >= 0.6 is 11.6 Å². The summed E-state index contributed by atoms with van der Waals surface area (Å²) in [6.45, 7) is 1.07. The van der Waals surface area contributed by atoms with Crippen molar-refractivity contribution in [2.24, 2.45) is 0 Å². The van der Waals surface area contributed by atoms with Gasteiger partial charge in [0.15, 0.2) is 0 Å². The first kappa shape index (κ1) is 19.7. The average molecular weight is 398 g/mol. The van der Waals surface area contributed by atoms with Crippen LogP contribution in [0.2, 0.25) is 5.02 Å². The van der Waals surface area contributed by atoms with Crippen LogP contribution in [0.4, 0.5) is 17.1 Å². The third-order valence-electron chi connectivity index (χ3n) is 3.47. The first-order valence-electron chi connectivity index (χ1n) is 7.36. The van der Waals surface area contributed by atoms with E-state index < -0.39 is 27.4 Å². The Morgan fingerprint density at radius 2 is 1.96 bits per heavy atom. The monoisotopic (exact) mass is 397 g/mol. The molecule has 0 radical (unpaired) electrons. The SMILES string of the molecule is Cc1ccc([N+](=O)[O-])cc1N(CC(=O)Nc1cccc(Cl)c1)S(C)(=O)=O. The fraction of sp³-hybridized carbons (Fsp3) is 0.188. The zero-order valence-electron chi connectivity index (χ0n) is 14.0. The molecular formula is C16H16ClN3O5S. The Hall–Kier alpha value is -2.65. The summed E-state index contributed by atoms with van der Waals surface area (Å²) >= 11 is 5.85. The van der Waals surface area contributed by atoms with Crippen LogP contribution in [0.25, 0.3) is 0 Å². The molecule has 0 fully saturated rings. The third kappa shape index (κ3) is 4.93. The van der Waals surface area contributed by atoms with Crippen molar-refractivity contribution in [2.75, 3.05) is 22.4 Å². The van der Waals surface area contributed by atoms with E-state index in [9.17, 15) is 23.3 Å². The van der Waals surface area contributed by atoms with Crippen molar-refractivity contribution in [3.63, 3.8) is 0 Å². The molecule has 2 rings (SSSR count). The Bertz CT molecular complexity index is 962. The van der Waals surface area contributed by atoms with Crippen LogP contribution in [0.3, 0.4) is 0 Å². The second-order valence-electron chi connectivity index (χ2n) is 5.56. The highest BCUT2D eigenvalue weighted by Gasteiger charge is 2.24. The molecule has 0 bridgehead atoms. The van der Waals surface area contributed by atoms with Crippen LogP contribution in [0.1, 0.15) is 5.56 Å². The first-order valence-corrected chi connectivity index (χ1v) is 9.59. The van der Waals surface area contributed by atoms with Crippen molar-refractivity contribution in [2.45, 2.75) is 6.92 Å². The summed E-state index contributed by atoms with van der Waals surface area (Å²) in [6, 6.07) is 10.2. The number of sulfonamides is 1. The van der Waals surface area contributed by atoms with E-state index in [1.807, 2.05) is 0 Å². The van der Waals surface area contributed by atoms with Crippen molar-refractivity contribution < 1.29 is 18.1 Å². The molecule has 0 aliphatic heterocycles. The number of nitrogens with one attached hydrogen (secondary N) is 1. The van der Waals surface area contributed by atoms with Gasteiger partial charge in [-0.05, 0) is 30.7 Å². The molecule has 0 heterocycles. The van der Waals surface area contributed by atoms with Crippen molar-refractivity contribution in [3.8, 4) is 0 Å². The number of carbonyl (C=O) groups is 1. The van der Waals surface area contributed by atoms with Crippen molar-refractivity contribution in [3.05, 3.63) is 63.2 Å². The lowest BCUT2D eigenvalue weighted by atomic mass is 10.2. The van der Waals surface area contributed by atoms with Crippen molar-refractivity contribution in [1.82, 2.24) is 0 Å². The molecule has 2 aromatic rings. The lowest BCUT2D eigenvalue weighted by Crippen LogP contribution is -2.37. The number of anilines is 2. The number of halogens is 1. The molecule has 0 saturated heterocycles. The van der Waals surface area contributed by atoms with Crippen LogP contribution in [0, 0.1) is 17.0 Å². The van der Waals surface area contributed by atoms with Crippen LogP contribution in [-0.4, -0.2) is 32.0 Å². The van der Waals surface area contributed by atoms with E-state index >= 15 is 0 Å². The summed E-state index contributed by atoms with van der Waals surface area (Å²) in [5.74, 6) is -0.608. The summed E-state index contributed by atoms with van der Waals surface area (Å²) in [5, 5.41) is 13.9. The Balaban J connectivity index is 2.33. The Kier molecular flexibility index (Phi) is 5.83. The minimum atomic E-state index is -3.85. The predicted molar refractivity (Wildman–Crippen MR) is 100 cm³/mol. The molecule has 26 heavy (non-hydrogen) atoms. The van der Waals surface area contributed by atoms with E-state index in [0.29, 0.717) is 16.3 Å². The maximum Gasteiger partial charge on any atom is 0.271 e. The highest BCUT2D eigenvalue weighted by atomic mass is 35.5. The number of benzene rings is 2. The first-order chi connectivity index (χ1) is 12.1. The van der Waals surface area contributed by atoms with Crippen molar-refractivity contribution in [1.29, 1.82) is 0 Å². The standard InChI is InChI=1S/C16H16ClN3O5S/c1-11-6-7-14(20(22)23)9-15(11)19(26(2,24)25)10-16(21)18-13-5-3-4-12(17)8-13/h3-9H,10H2,1-2H3,(H,18,21). The fourth-order valence-electron chi connectivity index (χ4n) is 2.26. The number of nitro groups is 1. The number of hydrogen-bond acceptors (Lipinski definition) is 5. The molecule has 1 N–H and O–H groups in total. The van der Waals surface area contributed by atoms with E-state index in [1.54, 1.807) is 25.1 Å². The highest BCUT2D eigenvalue weighted by molar-refractivity contribution is 7.92. The number of carbonyl (C=O) groups excluding carboxylic acids is 1. The summed E-state index contributed by atoms with van der Waals surface area (Å²) in [7, 11) is -3.85. The van der Waals surface area contributed by atoms with E-state index in [4.69, 9.17) is 11.6 Å². The molecule has 0 spiro atoms. The maximum absolute atomic E-state index is 12.3. The molecule has 0 unspecified atom stereocenters.